The maximum absolute atomic E-state index is 13.0. The molecule has 27 heavy (non-hydrogen) atoms. The number of aromatic nitrogens is 4. The Bertz CT molecular complexity index is 975. The third-order valence-corrected chi connectivity index (χ3v) is 4.72. The van der Waals surface area contributed by atoms with Crippen molar-refractivity contribution in [2.24, 2.45) is 13.0 Å². The first-order valence-electron chi connectivity index (χ1n) is 9.32. The number of rotatable bonds is 7. The largest absolute Gasteiger partial charge is 0.318 e. The zero-order valence-electron chi connectivity index (χ0n) is 16.4. The van der Waals surface area contributed by atoms with Gasteiger partial charge in [-0.05, 0) is 31.2 Å². The minimum atomic E-state index is -0.213. The van der Waals surface area contributed by atoms with E-state index in [0.29, 0.717) is 30.2 Å². The van der Waals surface area contributed by atoms with Crippen molar-refractivity contribution in [3.63, 3.8) is 0 Å². The Labute approximate surface area is 158 Å². The molecule has 1 aromatic carbocycles. The molecular formula is C20H27N5O2. The molecule has 0 bridgehead atoms. The monoisotopic (exact) mass is 369 g/mol. The van der Waals surface area contributed by atoms with Crippen molar-refractivity contribution >= 4 is 17.1 Å². The van der Waals surface area contributed by atoms with Gasteiger partial charge in [-0.1, -0.05) is 44.2 Å². The van der Waals surface area contributed by atoms with Crippen LogP contribution < -0.4 is 10.6 Å². The Kier molecular flexibility index (Phi) is 5.60. The Hall–Kier alpha value is -2.67. The van der Waals surface area contributed by atoms with Gasteiger partial charge in [-0.15, -0.1) is 0 Å². The fraction of sp³-hybridized carbons (Fsp3) is 0.450. The second-order valence-corrected chi connectivity index (χ2v) is 7.34. The van der Waals surface area contributed by atoms with Crippen LogP contribution in [0.2, 0.25) is 0 Å². The first-order valence-corrected chi connectivity index (χ1v) is 9.32. The van der Waals surface area contributed by atoms with E-state index in [1.807, 2.05) is 41.8 Å². The second kappa shape index (κ2) is 7.92. The van der Waals surface area contributed by atoms with Gasteiger partial charge in [-0.2, -0.15) is 4.98 Å². The van der Waals surface area contributed by atoms with Gasteiger partial charge < -0.3 is 4.57 Å². The average Bonchev–Trinajstić information content (AvgIpc) is 2.94. The highest BCUT2D eigenvalue weighted by Crippen LogP contribution is 2.17. The molecule has 0 spiro atoms. The second-order valence-electron chi connectivity index (χ2n) is 7.34. The molecule has 3 aromatic rings. The third-order valence-electron chi connectivity index (χ3n) is 4.72. The van der Waals surface area contributed by atoms with Crippen LogP contribution in [0.25, 0.3) is 11.2 Å². The van der Waals surface area contributed by atoms with Crippen molar-refractivity contribution in [1.29, 1.82) is 0 Å². The van der Waals surface area contributed by atoms with Crippen molar-refractivity contribution in [1.82, 2.24) is 19.1 Å². The molecule has 0 radical (unpaired) electrons. The minimum Gasteiger partial charge on any atom is -0.318 e. The highest BCUT2D eigenvalue weighted by Gasteiger charge is 2.19. The number of nitrogens with zero attached hydrogens (tertiary/aromatic N) is 5. The lowest BCUT2D eigenvalue weighted by Crippen LogP contribution is -2.31. The van der Waals surface area contributed by atoms with Crippen LogP contribution in [-0.2, 0) is 13.6 Å². The molecule has 1 N–H and O–H groups in total. The van der Waals surface area contributed by atoms with E-state index < -0.39 is 0 Å². The number of imidazole rings is 1. The standard InChI is InChI=1S/C20H27N5O2/c1-14(2)9-8-12-25(27)20-22-18-17(19(26)23(20)4)24(15(3)21-18)13-16-10-6-5-7-11-16/h5-7,10-11,14,27H,8-9,12-13H2,1-4H3. The quantitative estimate of drug-likeness (QED) is 0.648. The van der Waals surface area contributed by atoms with E-state index >= 15 is 0 Å². The predicted octanol–water partition coefficient (Wildman–Crippen LogP) is 3.12. The van der Waals surface area contributed by atoms with Gasteiger partial charge in [0.1, 0.15) is 5.82 Å². The van der Waals surface area contributed by atoms with Crippen molar-refractivity contribution in [3.8, 4) is 0 Å². The van der Waals surface area contributed by atoms with Gasteiger partial charge >= 0.3 is 0 Å². The first-order chi connectivity index (χ1) is 12.9. The molecule has 0 atom stereocenters. The smallest absolute Gasteiger partial charge is 0.281 e. The Balaban J connectivity index is 1.97. The van der Waals surface area contributed by atoms with Crippen molar-refractivity contribution in [2.45, 2.75) is 40.2 Å². The summed E-state index contributed by atoms with van der Waals surface area (Å²) in [4.78, 5) is 21.9. The van der Waals surface area contributed by atoms with Gasteiger partial charge in [0, 0.05) is 20.1 Å². The number of aryl methyl sites for hydroxylation is 1. The van der Waals surface area contributed by atoms with E-state index in [1.54, 1.807) is 7.05 Å². The van der Waals surface area contributed by atoms with Gasteiger partial charge in [-0.25, -0.2) is 10.0 Å². The number of benzene rings is 1. The molecule has 144 valence electrons. The molecule has 0 saturated carbocycles. The average molecular weight is 369 g/mol. The molecule has 2 heterocycles. The molecule has 0 aliphatic heterocycles. The van der Waals surface area contributed by atoms with Gasteiger partial charge in [-0.3, -0.25) is 14.6 Å². The number of hydrogen-bond donors (Lipinski definition) is 1. The van der Waals surface area contributed by atoms with Crippen molar-refractivity contribution in [3.05, 3.63) is 52.1 Å². The molecule has 0 saturated heterocycles. The fourth-order valence-corrected chi connectivity index (χ4v) is 3.20. The third kappa shape index (κ3) is 4.03. The molecule has 0 aliphatic rings. The van der Waals surface area contributed by atoms with Crippen molar-refractivity contribution < 1.29 is 5.21 Å². The maximum Gasteiger partial charge on any atom is 0.281 e. The normalized spacial score (nSPS) is 11.5. The zero-order chi connectivity index (χ0) is 19.6. The highest BCUT2D eigenvalue weighted by molar-refractivity contribution is 5.72. The number of hydroxylamine groups is 1. The Morgan fingerprint density at radius 1 is 1.19 bits per heavy atom. The van der Waals surface area contributed by atoms with Crippen LogP contribution in [0.1, 0.15) is 38.1 Å². The van der Waals surface area contributed by atoms with E-state index in [9.17, 15) is 10.0 Å². The topological polar surface area (TPSA) is 76.2 Å². The van der Waals surface area contributed by atoms with Gasteiger partial charge in [0.05, 0.1) is 0 Å². The van der Waals surface area contributed by atoms with Crippen LogP contribution in [0, 0.1) is 12.8 Å². The van der Waals surface area contributed by atoms with Crippen LogP contribution in [0.4, 0.5) is 5.95 Å². The molecule has 3 rings (SSSR count). The van der Waals surface area contributed by atoms with Gasteiger partial charge in [0.2, 0.25) is 5.95 Å². The van der Waals surface area contributed by atoms with E-state index in [0.717, 1.165) is 29.3 Å². The summed E-state index contributed by atoms with van der Waals surface area (Å²) in [6.07, 6.45) is 1.82. The maximum atomic E-state index is 13.0. The Morgan fingerprint density at radius 3 is 2.56 bits per heavy atom. The van der Waals surface area contributed by atoms with Crippen LogP contribution in [0.5, 0.6) is 0 Å². The molecule has 0 aliphatic carbocycles. The number of fused-ring (bicyclic) bond motifs is 1. The molecule has 0 amide bonds. The SMILES string of the molecule is Cc1nc2nc(N(O)CCCC(C)C)n(C)c(=O)c2n1Cc1ccccc1. The van der Waals surface area contributed by atoms with E-state index in [4.69, 9.17) is 0 Å². The molecular weight excluding hydrogens is 342 g/mol. The minimum absolute atomic E-state index is 0.213. The van der Waals surface area contributed by atoms with Gasteiger partial charge in [0.15, 0.2) is 11.2 Å². The summed E-state index contributed by atoms with van der Waals surface area (Å²) in [6.45, 7) is 7.13. The van der Waals surface area contributed by atoms with E-state index in [1.165, 1.54) is 4.57 Å². The lowest BCUT2D eigenvalue weighted by molar-refractivity contribution is 0.239. The summed E-state index contributed by atoms with van der Waals surface area (Å²) in [7, 11) is 1.63. The first kappa shape index (κ1) is 19.1. The van der Waals surface area contributed by atoms with Crippen LogP contribution in [-0.4, -0.2) is 30.9 Å². The van der Waals surface area contributed by atoms with E-state index in [-0.39, 0.29) is 11.5 Å². The molecule has 0 unspecified atom stereocenters. The highest BCUT2D eigenvalue weighted by atomic mass is 16.5. The molecule has 0 fully saturated rings. The van der Waals surface area contributed by atoms with Crippen LogP contribution >= 0.6 is 0 Å². The number of hydrogen-bond acceptors (Lipinski definition) is 5. The zero-order valence-corrected chi connectivity index (χ0v) is 16.4. The number of anilines is 1. The molecule has 7 nitrogen and oxygen atoms in total. The summed E-state index contributed by atoms with van der Waals surface area (Å²) >= 11 is 0. The van der Waals surface area contributed by atoms with Gasteiger partial charge in [0.25, 0.3) is 5.56 Å². The molecule has 2 aromatic heterocycles. The summed E-state index contributed by atoms with van der Waals surface area (Å²) in [6, 6.07) is 9.94. The summed E-state index contributed by atoms with van der Waals surface area (Å²) in [5.74, 6) is 1.51. The van der Waals surface area contributed by atoms with Crippen molar-refractivity contribution in [2.75, 3.05) is 11.6 Å². The lowest BCUT2D eigenvalue weighted by atomic mass is 10.1. The van der Waals surface area contributed by atoms with Crippen LogP contribution in [0.3, 0.4) is 0 Å². The fourth-order valence-electron chi connectivity index (χ4n) is 3.20. The van der Waals surface area contributed by atoms with E-state index in [2.05, 4.69) is 23.8 Å². The summed E-state index contributed by atoms with van der Waals surface area (Å²) < 4.78 is 3.27. The lowest BCUT2D eigenvalue weighted by Gasteiger charge is -2.18. The summed E-state index contributed by atoms with van der Waals surface area (Å²) in [5, 5.41) is 11.4. The molecule has 7 heteroatoms. The van der Waals surface area contributed by atoms with Crippen LogP contribution in [0.15, 0.2) is 35.1 Å². The Morgan fingerprint density at radius 2 is 1.89 bits per heavy atom. The predicted molar refractivity (Wildman–Crippen MR) is 106 cm³/mol. The summed E-state index contributed by atoms with van der Waals surface area (Å²) in [5.41, 5.74) is 1.69.